The fraction of sp³-hybridized carbons (Fsp3) is 0.158. The van der Waals surface area contributed by atoms with Gasteiger partial charge in [-0.05, 0) is 36.4 Å². The number of anilines is 1. The van der Waals surface area contributed by atoms with Gasteiger partial charge in [-0.1, -0.05) is 23.4 Å². The van der Waals surface area contributed by atoms with Crippen molar-refractivity contribution >= 4 is 40.9 Å². The average molecular weight is 433 g/mol. The predicted molar refractivity (Wildman–Crippen MR) is 110 cm³/mol. The molecule has 0 fully saturated rings. The number of hydrogen-bond donors (Lipinski definition) is 2. The Morgan fingerprint density at radius 1 is 1.24 bits per heavy atom. The van der Waals surface area contributed by atoms with Gasteiger partial charge in [0.2, 0.25) is 5.91 Å². The molecule has 2 N–H and O–H groups in total. The van der Waals surface area contributed by atoms with Gasteiger partial charge in [-0.2, -0.15) is 0 Å². The second-order valence-electron chi connectivity index (χ2n) is 5.92. The van der Waals surface area contributed by atoms with E-state index in [0.717, 1.165) is 11.8 Å². The molecule has 0 radical (unpaired) electrons. The quantitative estimate of drug-likeness (QED) is 0.439. The number of thioether (sulfide) groups is 1. The molecule has 10 heteroatoms. The maximum atomic E-state index is 12.5. The van der Waals surface area contributed by atoms with Crippen molar-refractivity contribution in [3.8, 4) is 0 Å². The van der Waals surface area contributed by atoms with E-state index >= 15 is 0 Å². The number of aromatic nitrogens is 2. The largest absolute Gasteiger partial charge is 0.467 e. The van der Waals surface area contributed by atoms with E-state index in [-0.39, 0.29) is 23.8 Å². The standard InChI is InChI=1S/C19H17ClN4O4S/c1-24-18(27)15(17(26)23-13-6-4-12(20)5-7-13)10-22-19(24)29-11-16(25)21-9-14-3-2-8-28-14/h2-8,10H,9,11H2,1H3,(H,21,25)(H,23,26). The molecule has 0 aliphatic heterocycles. The van der Waals surface area contributed by atoms with Gasteiger partial charge in [-0.3, -0.25) is 19.0 Å². The van der Waals surface area contributed by atoms with Crippen molar-refractivity contribution in [2.45, 2.75) is 11.7 Å². The second-order valence-corrected chi connectivity index (χ2v) is 7.30. The molecule has 3 aromatic rings. The molecule has 2 aromatic heterocycles. The van der Waals surface area contributed by atoms with Crippen LogP contribution >= 0.6 is 23.4 Å². The summed E-state index contributed by atoms with van der Waals surface area (Å²) >= 11 is 6.91. The number of carbonyl (C=O) groups is 2. The van der Waals surface area contributed by atoms with E-state index in [1.54, 1.807) is 36.4 Å². The minimum Gasteiger partial charge on any atom is -0.467 e. The van der Waals surface area contributed by atoms with Crippen LogP contribution in [0.4, 0.5) is 5.69 Å². The minimum absolute atomic E-state index is 0.0668. The van der Waals surface area contributed by atoms with Crippen molar-refractivity contribution < 1.29 is 14.0 Å². The highest BCUT2D eigenvalue weighted by Crippen LogP contribution is 2.15. The molecular formula is C19H17ClN4O4S. The summed E-state index contributed by atoms with van der Waals surface area (Å²) in [5.41, 5.74) is -0.104. The van der Waals surface area contributed by atoms with Gasteiger partial charge in [-0.15, -0.1) is 0 Å². The second kappa shape index (κ2) is 9.44. The highest BCUT2D eigenvalue weighted by atomic mass is 35.5. The Morgan fingerprint density at radius 2 is 2.00 bits per heavy atom. The van der Waals surface area contributed by atoms with Crippen LogP contribution in [0.15, 0.2) is 63.2 Å². The first-order valence-electron chi connectivity index (χ1n) is 8.49. The molecular weight excluding hydrogens is 416 g/mol. The zero-order valence-electron chi connectivity index (χ0n) is 15.3. The fourth-order valence-corrected chi connectivity index (χ4v) is 3.22. The topological polar surface area (TPSA) is 106 Å². The number of benzene rings is 1. The molecule has 1 aromatic carbocycles. The number of carbonyl (C=O) groups excluding carboxylic acids is 2. The number of rotatable bonds is 7. The lowest BCUT2D eigenvalue weighted by Gasteiger charge is -2.09. The van der Waals surface area contributed by atoms with Crippen LogP contribution in [0.3, 0.4) is 0 Å². The molecule has 0 spiro atoms. The highest BCUT2D eigenvalue weighted by Gasteiger charge is 2.16. The van der Waals surface area contributed by atoms with Gasteiger partial charge in [0.15, 0.2) is 5.16 Å². The van der Waals surface area contributed by atoms with Crippen LogP contribution in [0, 0.1) is 0 Å². The maximum Gasteiger partial charge on any atom is 0.266 e. The molecule has 0 atom stereocenters. The molecule has 0 unspecified atom stereocenters. The SMILES string of the molecule is Cn1c(SCC(=O)NCc2ccco2)ncc(C(=O)Nc2ccc(Cl)cc2)c1=O. The van der Waals surface area contributed by atoms with Gasteiger partial charge in [0.1, 0.15) is 11.3 Å². The van der Waals surface area contributed by atoms with Gasteiger partial charge < -0.3 is 15.1 Å². The highest BCUT2D eigenvalue weighted by molar-refractivity contribution is 7.99. The Morgan fingerprint density at radius 3 is 2.69 bits per heavy atom. The van der Waals surface area contributed by atoms with E-state index in [4.69, 9.17) is 16.0 Å². The van der Waals surface area contributed by atoms with Gasteiger partial charge >= 0.3 is 0 Å². The Labute approximate surface area is 175 Å². The third-order valence-electron chi connectivity index (χ3n) is 3.85. The van der Waals surface area contributed by atoms with E-state index in [9.17, 15) is 14.4 Å². The van der Waals surface area contributed by atoms with Crippen molar-refractivity contribution in [3.63, 3.8) is 0 Å². The molecule has 0 saturated heterocycles. The summed E-state index contributed by atoms with van der Waals surface area (Å²) in [7, 11) is 1.50. The Hall–Kier alpha value is -3.04. The number of hydrogen-bond acceptors (Lipinski definition) is 6. The number of nitrogens with zero attached hydrogens (tertiary/aromatic N) is 2. The lowest BCUT2D eigenvalue weighted by atomic mass is 10.2. The summed E-state index contributed by atoms with van der Waals surface area (Å²) < 4.78 is 6.38. The summed E-state index contributed by atoms with van der Waals surface area (Å²) in [6.07, 6.45) is 2.73. The van der Waals surface area contributed by atoms with E-state index < -0.39 is 11.5 Å². The van der Waals surface area contributed by atoms with Crippen molar-refractivity contribution in [3.05, 3.63) is 75.6 Å². The molecule has 0 aliphatic rings. The Kier molecular flexibility index (Phi) is 6.73. The smallest absolute Gasteiger partial charge is 0.266 e. The molecule has 150 valence electrons. The minimum atomic E-state index is -0.576. The lowest BCUT2D eigenvalue weighted by Crippen LogP contribution is -2.30. The van der Waals surface area contributed by atoms with Crippen LogP contribution in [0.1, 0.15) is 16.1 Å². The molecule has 0 aliphatic carbocycles. The molecule has 0 bridgehead atoms. The zero-order valence-corrected chi connectivity index (χ0v) is 16.9. The third-order valence-corrected chi connectivity index (χ3v) is 5.14. The monoisotopic (exact) mass is 432 g/mol. The van der Waals surface area contributed by atoms with Crippen molar-refractivity contribution in [1.29, 1.82) is 0 Å². The van der Waals surface area contributed by atoms with Crippen LogP contribution in [0.2, 0.25) is 5.02 Å². The number of amides is 2. The van der Waals surface area contributed by atoms with Crippen LogP contribution in [-0.4, -0.2) is 27.1 Å². The van der Waals surface area contributed by atoms with Crippen molar-refractivity contribution in [2.75, 3.05) is 11.1 Å². The Bertz CT molecular complexity index is 1060. The third kappa shape index (κ3) is 5.49. The summed E-state index contributed by atoms with van der Waals surface area (Å²) in [6.45, 7) is 0.280. The predicted octanol–water partition coefficient (Wildman–Crippen LogP) is 2.69. The number of halogens is 1. The molecule has 8 nitrogen and oxygen atoms in total. The number of nitrogens with one attached hydrogen (secondary N) is 2. The molecule has 3 rings (SSSR count). The zero-order chi connectivity index (χ0) is 20.8. The summed E-state index contributed by atoms with van der Waals surface area (Å²) in [4.78, 5) is 41.0. The summed E-state index contributed by atoms with van der Waals surface area (Å²) in [6, 6.07) is 10.0. The molecule has 0 saturated carbocycles. The molecule has 2 amide bonds. The summed E-state index contributed by atoms with van der Waals surface area (Å²) in [5, 5.41) is 6.19. The Balaban J connectivity index is 1.61. The van der Waals surface area contributed by atoms with Crippen LogP contribution in [0.25, 0.3) is 0 Å². The first-order chi connectivity index (χ1) is 13.9. The van der Waals surface area contributed by atoms with E-state index in [0.29, 0.717) is 21.6 Å². The van der Waals surface area contributed by atoms with Crippen LogP contribution in [0.5, 0.6) is 0 Å². The van der Waals surface area contributed by atoms with Gasteiger partial charge in [-0.25, -0.2) is 4.98 Å². The average Bonchev–Trinajstić information content (AvgIpc) is 3.23. The van der Waals surface area contributed by atoms with Gasteiger partial charge in [0.25, 0.3) is 11.5 Å². The van der Waals surface area contributed by atoms with Gasteiger partial charge in [0, 0.05) is 24.0 Å². The van der Waals surface area contributed by atoms with E-state index in [1.165, 1.54) is 24.1 Å². The maximum absolute atomic E-state index is 12.5. The van der Waals surface area contributed by atoms with Gasteiger partial charge in [0.05, 0.1) is 18.6 Å². The summed E-state index contributed by atoms with van der Waals surface area (Å²) in [5.74, 6) is -0.0968. The first kappa shape index (κ1) is 20.7. The van der Waals surface area contributed by atoms with E-state index in [2.05, 4.69) is 15.6 Å². The van der Waals surface area contributed by atoms with Crippen LogP contribution < -0.4 is 16.2 Å². The van der Waals surface area contributed by atoms with Crippen molar-refractivity contribution in [2.24, 2.45) is 7.05 Å². The van der Waals surface area contributed by atoms with E-state index in [1.807, 2.05) is 0 Å². The lowest BCUT2D eigenvalue weighted by molar-refractivity contribution is -0.118. The first-order valence-corrected chi connectivity index (χ1v) is 9.85. The molecule has 29 heavy (non-hydrogen) atoms. The fourth-order valence-electron chi connectivity index (χ4n) is 2.33. The number of furan rings is 1. The normalized spacial score (nSPS) is 10.6. The van der Waals surface area contributed by atoms with Crippen LogP contribution in [-0.2, 0) is 18.4 Å². The molecule has 2 heterocycles. The van der Waals surface area contributed by atoms with Crippen molar-refractivity contribution in [1.82, 2.24) is 14.9 Å².